The fourth-order valence-corrected chi connectivity index (χ4v) is 11.2. The summed E-state index contributed by atoms with van der Waals surface area (Å²) in [5.74, 6) is -5.63. The lowest BCUT2D eigenvalue weighted by atomic mass is 9.33. The molecule has 11 nitrogen and oxygen atoms in total. The highest BCUT2D eigenvalue weighted by Crippen LogP contribution is 2.77. The standard InChI is InChI=1S/C38H48O11/c1-19-15-25-35(7,13-11-24-33(4,5)26(49-21(3)41)12-14-37(24,25)18-39)38(32(46)48-10)31(45)34(6,30(44)36(19,38)8)17-22-16-23(47-9)28(42)29(43)27(22)20(2)40/h15-16,18,24-26,42-43H,11-14,17H2,1-10H3/t24-,25-,26+,34-,35+,36+,37+,38-/m1/s1. The van der Waals surface area contributed by atoms with Crippen LogP contribution in [0.5, 0.6) is 17.2 Å². The Morgan fingerprint density at radius 2 is 1.59 bits per heavy atom. The van der Waals surface area contributed by atoms with Gasteiger partial charge in [0.15, 0.2) is 28.8 Å². The van der Waals surface area contributed by atoms with Crippen LogP contribution >= 0.6 is 0 Å². The van der Waals surface area contributed by atoms with Gasteiger partial charge >= 0.3 is 11.9 Å². The fraction of sp³-hybridized carbons (Fsp3) is 0.632. The number of allylic oxidation sites excluding steroid dienone is 2. The number of ketones is 3. The largest absolute Gasteiger partial charge is 0.504 e. The Balaban J connectivity index is 1.76. The van der Waals surface area contributed by atoms with E-state index in [-0.39, 0.29) is 35.6 Å². The van der Waals surface area contributed by atoms with E-state index >= 15 is 9.59 Å². The molecule has 4 aliphatic carbocycles. The number of carbonyl (C=O) groups excluding carboxylic acids is 6. The van der Waals surface area contributed by atoms with E-state index < -0.39 is 85.3 Å². The first-order valence-electron chi connectivity index (χ1n) is 16.8. The number of hydrogen-bond acceptors (Lipinski definition) is 11. The molecule has 3 fully saturated rings. The lowest BCUT2D eigenvalue weighted by Crippen LogP contribution is -2.70. The molecule has 0 radical (unpaired) electrons. The molecular weight excluding hydrogens is 632 g/mol. The third kappa shape index (κ3) is 4.19. The molecule has 49 heavy (non-hydrogen) atoms. The van der Waals surface area contributed by atoms with E-state index in [1.165, 1.54) is 41.1 Å². The van der Waals surface area contributed by atoms with Gasteiger partial charge in [0.25, 0.3) is 0 Å². The number of phenolic OH excluding ortho intramolecular Hbond substituents is 2. The number of methoxy groups -OCH3 is 2. The van der Waals surface area contributed by atoms with Crippen LogP contribution < -0.4 is 4.74 Å². The predicted molar refractivity (Wildman–Crippen MR) is 176 cm³/mol. The van der Waals surface area contributed by atoms with E-state index in [9.17, 15) is 29.4 Å². The summed E-state index contributed by atoms with van der Waals surface area (Å²) in [5.41, 5.74) is -8.35. The maximum atomic E-state index is 15.5. The molecule has 0 spiro atoms. The highest BCUT2D eigenvalue weighted by atomic mass is 16.5. The van der Waals surface area contributed by atoms with Gasteiger partial charge in [0.2, 0.25) is 5.75 Å². The number of aromatic hydroxyl groups is 2. The van der Waals surface area contributed by atoms with Crippen LogP contribution in [-0.4, -0.2) is 66.1 Å². The van der Waals surface area contributed by atoms with E-state index in [1.54, 1.807) is 13.8 Å². The summed E-state index contributed by atoms with van der Waals surface area (Å²) in [7, 11) is 2.44. The van der Waals surface area contributed by atoms with Crippen molar-refractivity contribution >= 4 is 35.6 Å². The summed E-state index contributed by atoms with van der Waals surface area (Å²) >= 11 is 0. The van der Waals surface area contributed by atoms with Gasteiger partial charge in [-0.2, -0.15) is 0 Å². The van der Waals surface area contributed by atoms with E-state index in [4.69, 9.17) is 14.2 Å². The van der Waals surface area contributed by atoms with Crippen molar-refractivity contribution in [2.24, 2.45) is 44.3 Å². The lowest BCUT2D eigenvalue weighted by molar-refractivity contribution is -0.217. The minimum Gasteiger partial charge on any atom is -0.504 e. The number of ether oxygens (including phenoxy) is 3. The molecule has 1 aromatic carbocycles. The summed E-state index contributed by atoms with van der Waals surface area (Å²) in [5, 5.41) is 21.3. The number of aldehydes is 1. The van der Waals surface area contributed by atoms with Gasteiger partial charge in [0, 0.05) is 17.8 Å². The fourth-order valence-electron chi connectivity index (χ4n) is 11.2. The number of hydrogen-bond donors (Lipinski definition) is 2. The topological polar surface area (TPSA) is 171 Å². The molecule has 266 valence electrons. The van der Waals surface area contributed by atoms with Crippen LogP contribution in [0.4, 0.5) is 0 Å². The van der Waals surface area contributed by atoms with Crippen molar-refractivity contribution < 1.29 is 53.2 Å². The maximum Gasteiger partial charge on any atom is 0.321 e. The van der Waals surface area contributed by atoms with Gasteiger partial charge < -0.3 is 29.2 Å². The number of Topliss-reactive ketones (excluding diaryl/α,β-unsaturated/α-hetero) is 3. The van der Waals surface area contributed by atoms with E-state index in [0.717, 1.165) is 6.29 Å². The number of carbonyl (C=O) groups is 6. The number of rotatable bonds is 7. The van der Waals surface area contributed by atoms with Crippen molar-refractivity contribution in [1.82, 2.24) is 0 Å². The second kappa shape index (κ2) is 11.3. The monoisotopic (exact) mass is 680 g/mol. The quantitative estimate of drug-likeness (QED) is 0.0980. The normalized spacial score (nSPS) is 37.6. The first kappa shape index (κ1) is 36.3. The van der Waals surface area contributed by atoms with Crippen LogP contribution in [0.2, 0.25) is 0 Å². The van der Waals surface area contributed by atoms with Crippen molar-refractivity contribution in [2.45, 2.75) is 93.6 Å². The first-order chi connectivity index (χ1) is 22.6. The Labute approximate surface area is 286 Å². The molecule has 0 bridgehead atoms. The SMILES string of the molecule is COC(=O)[C@@]12C(=O)[C@](C)(Cc3cc(OC)c(O)c(O)c3C(C)=O)C(=O)[C@]1(C)C(C)=C[C@H]1[C@]3(C=O)CC[C@H](OC(C)=O)C(C)(C)[C@H]3CC[C@@]12C. The summed E-state index contributed by atoms with van der Waals surface area (Å²) < 4.78 is 16.5. The van der Waals surface area contributed by atoms with Crippen molar-refractivity contribution in [3.63, 3.8) is 0 Å². The molecule has 8 atom stereocenters. The molecule has 0 heterocycles. The molecule has 0 unspecified atom stereocenters. The maximum absolute atomic E-state index is 15.5. The molecule has 1 aromatic rings. The second-order valence-electron chi connectivity index (χ2n) is 15.9. The van der Waals surface area contributed by atoms with Crippen LogP contribution in [0.15, 0.2) is 17.7 Å². The van der Waals surface area contributed by atoms with E-state index in [2.05, 4.69) is 0 Å². The highest BCUT2D eigenvalue weighted by molar-refractivity contribution is 6.28. The third-order valence-corrected chi connectivity index (χ3v) is 13.5. The van der Waals surface area contributed by atoms with Crippen molar-refractivity contribution in [3.05, 3.63) is 28.8 Å². The smallest absolute Gasteiger partial charge is 0.321 e. The van der Waals surface area contributed by atoms with Gasteiger partial charge in [-0.3, -0.25) is 24.0 Å². The van der Waals surface area contributed by atoms with Gasteiger partial charge in [-0.25, -0.2) is 0 Å². The molecule has 0 aromatic heterocycles. The third-order valence-electron chi connectivity index (χ3n) is 13.5. The number of esters is 2. The Morgan fingerprint density at radius 3 is 2.12 bits per heavy atom. The van der Waals surface area contributed by atoms with Crippen LogP contribution in [-0.2, 0) is 39.9 Å². The van der Waals surface area contributed by atoms with Crippen LogP contribution in [0.25, 0.3) is 0 Å². The van der Waals surface area contributed by atoms with Crippen molar-refractivity contribution in [3.8, 4) is 17.2 Å². The molecule has 0 saturated heterocycles. The average molecular weight is 681 g/mol. The first-order valence-corrected chi connectivity index (χ1v) is 16.8. The zero-order valence-corrected chi connectivity index (χ0v) is 30.1. The minimum absolute atomic E-state index is 0.0908. The highest BCUT2D eigenvalue weighted by Gasteiger charge is 2.85. The minimum atomic E-state index is -2.07. The van der Waals surface area contributed by atoms with Gasteiger partial charge in [0.1, 0.15) is 17.8 Å². The Morgan fingerprint density at radius 1 is 0.959 bits per heavy atom. The average Bonchev–Trinajstić information content (AvgIpc) is 3.17. The molecule has 5 rings (SSSR count). The van der Waals surface area contributed by atoms with Gasteiger partial charge in [-0.05, 0) is 88.7 Å². The van der Waals surface area contributed by atoms with E-state index in [1.807, 2.05) is 26.8 Å². The molecule has 2 N–H and O–H groups in total. The summed E-state index contributed by atoms with van der Waals surface area (Å²) in [6.45, 7) is 13.1. The molecule has 3 saturated carbocycles. The van der Waals surface area contributed by atoms with Gasteiger partial charge in [-0.1, -0.05) is 32.4 Å². The number of fused-ring (bicyclic) bond motifs is 5. The van der Waals surface area contributed by atoms with Crippen LogP contribution in [0, 0.1) is 44.3 Å². The zero-order valence-electron chi connectivity index (χ0n) is 30.1. The Hall–Kier alpha value is -4.02. The number of benzene rings is 1. The van der Waals surface area contributed by atoms with Crippen LogP contribution in [0.3, 0.4) is 0 Å². The molecule has 0 amide bonds. The van der Waals surface area contributed by atoms with Gasteiger partial charge in [0.05, 0.1) is 30.6 Å². The Bertz CT molecular complexity index is 1720. The second-order valence-corrected chi connectivity index (χ2v) is 15.9. The number of phenols is 2. The zero-order chi connectivity index (χ0) is 36.9. The molecular formula is C38H48O11. The van der Waals surface area contributed by atoms with E-state index in [0.29, 0.717) is 24.8 Å². The Kier molecular flexibility index (Phi) is 8.33. The summed E-state index contributed by atoms with van der Waals surface area (Å²) in [4.78, 5) is 83.7. The van der Waals surface area contributed by atoms with Crippen LogP contribution in [0.1, 0.15) is 97.0 Å². The molecule has 11 heteroatoms. The summed E-state index contributed by atoms with van der Waals surface area (Å²) in [6, 6.07) is 1.32. The molecule has 4 aliphatic rings. The van der Waals surface area contributed by atoms with Crippen molar-refractivity contribution in [2.75, 3.05) is 14.2 Å². The predicted octanol–water partition coefficient (Wildman–Crippen LogP) is 5.10. The lowest BCUT2D eigenvalue weighted by Gasteiger charge is -2.67. The molecule has 0 aliphatic heterocycles. The van der Waals surface area contributed by atoms with Gasteiger partial charge in [-0.15, -0.1) is 0 Å². The summed E-state index contributed by atoms with van der Waals surface area (Å²) in [6.07, 6.45) is 3.48. The van der Waals surface area contributed by atoms with Crippen molar-refractivity contribution in [1.29, 1.82) is 0 Å².